The molecule has 146 valence electrons. The molecule has 5 nitrogen and oxygen atoms in total. The molecule has 0 amide bonds. The molecular weight excluding hydrogens is 398 g/mol. The van der Waals surface area contributed by atoms with Crippen LogP contribution in [0, 0.1) is 11.3 Å². The number of fused-ring (bicyclic) bond motifs is 1. The number of rotatable bonds is 5. The number of carboxylic acid groups (broad SMARTS) is 1. The summed E-state index contributed by atoms with van der Waals surface area (Å²) < 4.78 is 7.06. The first-order valence-electron chi connectivity index (χ1n) is 8.99. The number of thiophene rings is 1. The Morgan fingerprint density at radius 2 is 1.83 bits per heavy atom. The predicted octanol–water partition coefficient (Wildman–Crippen LogP) is 6.04. The van der Waals surface area contributed by atoms with E-state index in [-0.39, 0.29) is 5.75 Å². The smallest absolute Gasteiger partial charge is 0.328 e. The van der Waals surface area contributed by atoms with Crippen molar-refractivity contribution in [3.8, 4) is 33.8 Å². The number of aromatic hydroxyl groups is 1. The Bertz CT molecular complexity index is 1310. The Hall–Kier alpha value is -4.08. The standard InChI is InChI=1S/C24H15NO4S/c25-14-16-3-1-2-4-19(16)24-23(20-11-8-17(26)13-21(20)30-24)29-18-9-5-15(6-10-18)7-12-22(27)28/h1-13,26H,(H,27,28)/b12-7+. The Balaban J connectivity index is 1.80. The van der Waals surface area contributed by atoms with Gasteiger partial charge in [0.15, 0.2) is 5.75 Å². The SMILES string of the molecule is N#Cc1ccccc1-c1sc2cc(O)ccc2c1Oc1ccc(/C=C/C(=O)O)cc1. The molecule has 0 aliphatic rings. The highest BCUT2D eigenvalue weighted by atomic mass is 32.1. The third-order valence-electron chi connectivity index (χ3n) is 4.44. The van der Waals surface area contributed by atoms with Crippen LogP contribution in [0.2, 0.25) is 0 Å². The van der Waals surface area contributed by atoms with Gasteiger partial charge in [0.2, 0.25) is 0 Å². The molecule has 0 unspecified atom stereocenters. The number of phenolic OH excluding ortho intramolecular Hbond substituents is 1. The largest absolute Gasteiger partial charge is 0.508 e. The molecule has 30 heavy (non-hydrogen) atoms. The quantitative estimate of drug-likeness (QED) is 0.390. The minimum Gasteiger partial charge on any atom is -0.508 e. The summed E-state index contributed by atoms with van der Waals surface area (Å²) >= 11 is 1.44. The van der Waals surface area contributed by atoms with Crippen molar-refractivity contribution in [2.75, 3.05) is 0 Å². The maximum absolute atomic E-state index is 10.7. The van der Waals surface area contributed by atoms with Crippen molar-refractivity contribution in [1.82, 2.24) is 0 Å². The van der Waals surface area contributed by atoms with E-state index in [0.717, 1.165) is 32.2 Å². The molecule has 0 spiro atoms. The molecule has 0 radical (unpaired) electrons. The average molecular weight is 413 g/mol. The lowest BCUT2D eigenvalue weighted by molar-refractivity contribution is -0.131. The van der Waals surface area contributed by atoms with Gasteiger partial charge in [-0.1, -0.05) is 30.3 Å². The zero-order valence-corrected chi connectivity index (χ0v) is 16.4. The van der Waals surface area contributed by atoms with Crippen LogP contribution in [0.4, 0.5) is 0 Å². The van der Waals surface area contributed by atoms with E-state index in [2.05, 4.69) is 6.07 Å². The molecule has 4 rings (SSSR count). The lowest BCUT2D eigenvalue weighted by Gasteiger charge is -2.09. The third-order valence-corrected chi connectivity index (χ3v) is 5.61. The normalized spacial score (nSPS) is 10.9. The van der Waals surface area contributed by atoms with Gasteiger partial charge in [0, 0.05) is 21.7 Å². The zero-order chi connectivity index (χ0) is 21.1. The van der Waals surface area contributed by atoms with Gasteiger partial charge < -0.3 is 14.9 Å². The zero-order valence-electron chi connectivity index (χ0n) is 15.6. The van der Waals surface area contributed by atoms with Crippen molar-refractivity contribution in [2.45, 2.75) is 0 Å². The number of benzene rings is 3. The molecule has 1 heterocycles. The minimum absolute atomic E-state index is 0.157. The van der Waals surface area contributed by atoms with Crippen LogP contribution >= 0.6 is 11.3 Å². The fourth-order valence-electron chi connectivity index (χ4n) is 3.05. The molecule has 2 N–H and O–H groups in total. The predicted molar refractivity (Wildman–Crippen MR) is 117 cm³/mol. The first-order chi connectivity index (χ1) is 14.5. The molecule has 0 atom stereocenters. The van der Waals surface area contributed by atoms with E-state index < -0.39 is 5.97 Å². The summed E-state index contributed by atoms with van der Waals surface area (Å²) in [6.45, 7) is 0. The molecule has 1 aromatic heterocycles. The number of hydrogen-bond acceptors (Lipinski definition) is 5. The van der Waals surface area contributed by atoms with Crippen LogP contribution in [0.3, 0.4) is 0 Å². The van der Waals surface area contributed by atoms with Gasteiger partial charge in [0.05, 0.1) is 16.5 Å². The van der Waals surface area contributed by atoms with Crippen LogP contribution in [0.5, 0.6) is 17.2 Å². The molecular formula is C24H15NO4S. The third kappa shape index (κ3) is 3.88. The molecule has 0 fully saturated rings. The van der Waals surface area contributed by atoms with E-state index in [1.165, 1.54) is 17.4 Å². The summed E-state index contributed by atoms with van der Waals surface area (Å²) in [4.78, 5) is 11.5. The average Bonchev–Trinajstić information content (AvgIpc) is 3.10. The Kier molecular flexibility index (Phi) is 5.21. The van der Waals surface area contributed by atoms with Crippen LogP contribution in [-0.2, 0) is 4.79 Å². The molecule has 0 aliphatic heterocycles. The fourth-order valence-corrected chi connectivity index (χ4v) is 4.25. The van der Waals surface area contributed by atoms with Crippen molar-refractivity contribution >= 4 is 33.5 Å². The van der Waals surface area contributed by atoms with E-state index in [4.69, 9.17) is 9.84 Å². The summed E-state index contributed by atoms with van der Waals surface area (Å²) in [5, 5.41) is 29.0. The molecule has 4 aromatic rings. The van der Waals surface area contributed by atoms with Crippen molar-refractivity contribution in [3.05, 3.63) is 83.9 Å². The second-order valence-electron chi connectivity index (χ2n) is 6.44. The number of carbonyl (C=O) groups is 1. The first-order valence-corrected chi connectivity index (χ1v) is 9.81. The number of phenols is 1. The van der Waals surface area contributed by atoms with Crippen LogP contribution in [0.15, 0.2) is 72.8 Å². The summed E-state index contributed by atoms with van der Waals surface area (Å²) in [5.74, 6) is 0.326. The number of carboxylic acids is 1. The first kappa shape index (κ1) is 19.2. The van der Waals surface area contributed by atoms with Crippen LogP contribution < -0.4 is 4.74 Å². The van der Waals surface area contributed by atoms with E-state index in [9.17, 15) is 15.2 Å². The van der Waals surface area contributed by atoms with Gasteiger partial charge in [-0.2, -0.15) is 5.26 Å². The Labute approximate surface area is 176 Å². The van der Waals surface area contributed by atoms with Crippen LogP contribution in [0.25, 0.3) is 26.6 Å². The van der Waals surface area contributed by atoms with Gasteiger partial charge in [-0.15, -0.1) is 11.3 Å². The summed E-state index contributed by atoms with van der Waals surface area (Å²) in [6, 6.07) is 21.6. The van der Waals surface area contributed by atoms with E-state index >= 15 is 0 Å². The maximum atomic E-state index is 10.7. The van der Waals surface area contributed by atoms with Crippen molar-refractivity contribution in [1.29, 1.82) is 5.26 Å². The molecule has 0 saturated heterocycles. The summed E-state index contributed by atoms with van der Waals surface area (Å²) in [6.07, 6.45) is 2.58. The van der Waals surface area contributed by atoms with E-state index in [1.807, 2.05) is 18.2 Å². The minimum atomic E-state index is -1.01. The summed E-state index contributed by atoms with van der Waals surface area (Å²) in [5.41, 5.74) is 2.03. The Morgan fingerprint density at radius 1 is 1.07 bits per heavy atom. The molecule has 6 heteroatoms. The topological polar surface area (TPSA) is 90.5 Å². The number of ether oxygens (including phenoxy) is 1. The molecule has 3 aromatic carbocycles. The number of hydrogen-bond donors (Lipinski definition) is 2. The van der Waals surface area contributed by atoms with E-state index in [1.54, 1.807) is 48.5 Å². The number of nitriles is 1. The highest BCUT2D eigenvalue weighted by Crippen LogP contribution is 2.47. The highest BCUT2D eigenvalue weighted by Gasteiger charge is 2.19. The van der Waals surface area contributed by atoms with Crippen molar-refractivity contribution < 1.29 is 19.7 Å². The monoisotopic (exact) mass is 413 g/mol. The molecule has 0 saturated carbocycles. The van der Waals surface area contributed by atoms with Gasteiger partial charge in [0.1, 0.15) is 11.5 Å². The number of aliphatic carboxylic acids is 1. The van der Waals surface area contributed by atoms with Gasteiger partial charge in [-0.05, 0) is 48.0 Å². The van der Waals surface area contributed by atoms with Gasteiger partial charge in [-0.3, -0.25) is 0 Å². The number of nitrogens with zero attached hydrogens (tertiary/aromatic N) is 1. The second kappa shape index (κ2) is 8.11. The second-order valence-corrected chi connectivity index (χ2v) is 7.49. The lowest BCUT2D eigenvalue weighted by atomic mass is 10.1. The van der Waals surface area contributed by atoms with Gasteiger partial charge in [-0.25, -0.2) is 4.79 Å². The maximum Gasteiger partial charge on any atom is 0.328 e. The fraction of sp³-hybridized carbons (Fsp3) is 0. The lowest BCUT2D eigenvalue weighted by Crippen LogP contribution is -1.88. The highest BCUT2D eigenvalue weighted by molar-refractivity contribution is 7.22. The van der Waals surface area contributed by atoms with Crippen LogP contribution in [-0.4, -0.2) is 16.2 Å². The van der Waals surface area contributed by atoms with E-state index in [0.29, 0.717) is 17.1 Å². The molecule has 0 bridgehead atoms. The summed E-state index contributed by atoms with van der Waals surface area (Å²) in [7, 11) is 0. The van der Waals surface area contributed by atoms with Gasteiger partial charge in [0.25, 0.3) is 0 Å². The van der Waals surface area contributed by atoms with Gasteiger partial charge >= 0.3 is 5.97 Å². The van der Waals surface area contributed by atoms with Crippen molar-refractivity contribution in [2.24, 2.45) is 0 Å². The van der Waals surface area contributed by atoms with Crippen molar-refractivity contribution in [3.63, 3.8) is 0 Å². The molecule has 0 aliphatic carbocycles. The Morgan fingerprint density at radius 3 is 2.57 bits per heavy atom. The van der Waals surface area contributed by atoms with Crippen LogP contribution in [0.1, 0.15) is 11.1 Å².